The average Bonchev–Trinajstić information content (AvgIpc) is 2.98. The summed E-state index contributed by atoms with van der Waals surface area (Å²) in [5.41, 5.74) is 0.803. The standard InChI is InChI=1S/C14H18N2O2.ClH/c1-14(6-7-15-9-14)13(17)16-11-8-18-12-5-3-2-4-10(11)12;/h2-5,11,15H,6-9H2,1H3,(H,16,17);1H. The van der Waals surface area contributed by atoms with Gasteiger partial charge in [-0.25, -0.2) is 0 Å². The molecule has 5 heteroatoms. The zero-order valence-corrected chi connectivity index (χ0v) is 11.8. The molecule has 4 nitrogen and oxygen atoms in total. The van der Waals surface area contributed by atoms with E-state index in [2.05, 4.69) is 10.6 Å². The van der Waals surface area contributed by atoms with Crippen LogP contribution in [0.5, 0.6) is 5.75 Å². The topological polar surface area (TPSA) is 50.4 Å². The second-order valence-corrected chi connectivity index (χ2v) is 5.36. The van der Waals surface area contributed by atoms with E-state index in [9.17, 15) is 4.79 Å². The summed E-state index contributed by atoms with van der Waals surface area (Å²) in [4.78, 5) is 12.3. The van der Waals surface area contributed by atoms with Crippen LogP contribution in [-0.4, -0.2) is 25.6 Å². The fourth-order valence-corrected chi connectivity index (χ4v) is 2.63. The number of halogens is 1. The monoisotopic (exact) mass is 282 g/mol. The summed E-state index contributed by atoms with van der Waals surface area (Å²) < 4.78 is 5.58. The van der Waals surface area contributed by atoms with Crippen LogP contribution in [0.2, 0.25) is 0 Å². The van der Waals surface area contributed by atoms with Crippen molar-refractivity contribution in [1.29, 1.82) is 0 Å². The van der Waals surface area contributed by atoms with E-state index in [1.165, 1.54) is 0 Å². The lowest BCUT2D eigenvalue weighted by atomic mass is 9.88. The molecule has 1 fully saturated rings. The van der Waals surface area contributed by atoms with Crippen LogP contribution >= 0.6 is 12.4 Å². The second-order valence-electron chi connectivity index (χ2n) is 5.36. The molecule has 1 aromatic carbocycles. The summed E-state index contributed by atoms with van der Waals surface area (Å²) in [5, 5.41) is 6.36. The summed E-state index contributed by atoms with van der Waals surface area (Å²) in [5.74, 6) is 1.01. The number of hydrogen-bond donors (Lipinski definition) is 2. The Hall–Kier alpha value is -1.26. The summed E-state index contributed by atoms with van der Waals surface area (Å²) in [6.07, 6.45) is 0.897. The highest BCUT2D eigenvalue weighted by Gasteiger charge is 2.38. The molecule has 1 amide bonds. The second kappa shape index (κ2) is 5.39. The Morgan fingerprint density at radius 1 is 1.47 bits per heavy atom. The largest absolute Gasteiger partial charge is 0.491 e. The molecule has 19 heavy (non-hydrogen) atoms. The fourth-order valence-electron chi connectivity index (χ4n) is 2.63. The number of carbonyl (C=O) groups is 1. The molecule has 3 rings (SSSR count). The van der Waals surface area contributed by atoms with Gasteiger partial charge in [-0.15, -0.1) is 12.4 Å². The van der Waals surface area contributed by atoms with Crippen molar-refractivity contribution < 1.29 is 9.53 Å². The minimum atomic E-state index is -0.280. The quantitative estimate of drug-likeness (QED) is 0.867. The van der Waals surface area contributed by atoms with Crippen LogP contribution in [0, 0.1) is 5.41 Å². The first-order chi connectivity index (χ1) is 8.69. The maximum atomic E-state index is 12.3. The number of benzene rings is 1. The smallest absolute Gasteiger partial charge is 0.227 e. The van der Waals surface area contributed by atoms with Crippen LogP contribution in [0.15, 0.2) is 24.3 Å². The maximum absolute atomic E-state index is 12.3. The molecule has 2 aliphatic rings. The van der Waals surface area contributed by atoms with Gasteiger partial charge in [-0.05, 0) is 26.0 Å². The lowest BCUT2D eigenvalue weighted by Gasteiger charge is -2.23. The Morgan fingerprint density at radius 2 is 2.26 bits per heavy atom. The molecule has 0 spiro atoms. The van der Waals surface area contributed by atoms with Crippen molar-refractivity contribution in [3.63, 3.8) is 0 Å². The van der Waals surface area contributed by atoms with Crippen molar-refractivity contribution in [3.05, 3.63) is 29.8 Å². The van der Waals surface area contributed by atoms with Crippen LogP contribution < -0.4 is 15.4 Å². The van der Waals surface area contributed by atoms with Gasteiger partial charge in [0.2, 0.25) is 5.91 Å². The molecule has 104 valence electrons. The van der Waals surface area contributed by atoms with E-state index >= 15 is 0 Å². The average molecular weight is 283 g/mol. The third kappa shape index (κ3) is 2.55. The molecule has 2 atom stereocenters. The Morgan fingerprint density at radius 3 is 3.00 bits per heavy atom. The lowest BCUT2D eigenvalue weighted by molar-refractivity contribution is -0.130. The van der Waals surface area contributed by atoms with Gasteiger partial charge in [0, 0.05) is 12.1 Å². The lowest BCUT2D eigenvalue weighted by Crippen LogP contribution is -2.42. The van der Waals surface area contributed by atoms with Crippen molar-refractivity contribution in [3.8, 4) is 5.75 Å². The number of amides is 1. The molecule has 0 aromatic heterocycles. The van der Waals surface area contributed by atoms with E-state index < -0.39 is 0 Å². The van der Waals surface area contributed by atoms with Gasteiger partial charge < -0.3 is 15.4 Å². The minimum absolute atomic E-state index is 0. The Bertz CT molecular complexity index is 472. The molecule has 0 bridgehead atoms. The van der Waals surface area contributed by atoms with Crippen LogP contribution in [-0.2, 0) is 4.79 Å². The number of carbonyl (C=O) groups excluding carboxylic acids is 1. The van der Waals surface area contributed by atoms with Gasteiger partial charge in [0.15, 0.2) is 0 Å². The van der Waals surface area contributed by atoms with Gasteiger partial charge in [-0.2, -0.15) is 0 Å². The highest BCUT2D eigenvalue weighted by Crippen LogP contribution is 2.33. The van der Waals surface area contributed by atoms with Gasteiger partial charge >= 0.3 is 0 Å². The third-order valence-electron chi connectivity index (χ3n) is 3.92. The molecular formula is C14H19ClN2O2. The van der Waals surface area contributed by atoms with E-state index in [0.717, 1.165) is 30.8 Å². The Labute approximate surface area is 119 Å². The number of para-hydroxylation sites is 1. The third-order valence-corrected chi connectivity index (χ3v) is 3.92. The first-order valence-corrected chi connectivity index (χ1v) is 6.42. The fraction of sp³-hybridized carbons (Fsp3) is 0.500. The summed E-state index contributed by atoms with van der Waals surface area (Å²) in [7, 11) is 0. The van der Waals surface area contributed by atoms with Crippen LogP contribution in [0.25, 0.3) is 0 Å². The van der Waals surface area contributed by atoms with Crippen molar-refractivity contribution in [2.75, 3.05) is 19.7 Å². The number of ether oxygens (including phenoxy) is 1. The molecule has 0 aliphatic carbocycles. The van der Waals surface area contributed by atoms with Crippen LogP contribution in [0.1, 0.15) is 24.9 Å². The van der Waals surface area contributed by atoms with E-state index in [-0.39, 0.29) is 29.8 Å². The highest BCUT2D eigenvalue weighted by atomic mass is 35.5. The van der Waals surface area contributed by atoms with E-state index in [0.29, 0.717) is 6.61 Å². The number of hydrogen-bond acceptors (Lipinski definition) is 3. The molecule has 2 aliphatic heterocycles. The molecule has 0 radical (unpaired) electrons. The normalized spacial score (nSPS) is 28.2. The zero-order valence-electron chi connectivity index (χ0n) is 10.9. The summed E-state index contributed by atoms with van der Waals surface area (Å²) >= 11 is 0. The van der Waals surface area contributed by atoms with Gasteiger partial charge in [-0.3, -0.25) is 4.79 Å². The summed E-state index contributed by atoms with van der Waals surface area (Å²) in [6.45, 7) is 4.23. The SMILES string of the molecule is CC1(C(=O)NC2COc3ccccc32)CCNC1.Cl. The molecule has 1 saturated heterocycles. The van der Waals surface area contributed by atoms with E-state index in [1.807, 2.05) is 31.2 Å². The molecule has 2 N–H and O–H groups in total. The Kier molecular flexibility index (Phi) is 4.02. The predicted molar refractivity (Wildman–Crippen MR) is 75.7 cm³/mol. The number of nitrogens with one attached hydrogen (secondary N) is 2. The first kappa shape index (κ1) is 14.2. The summed E-state index contributed by atoms with van der Waals surface area (Å²) in [6, 6.07) is 7.88. The van der Waals surface area contributed by atoms with Gasteiger partial charge in [0.05, 0.1) is 11.5 Å². The van der Waals surface area contributed by atoms with Crippen molar-refractivity contribution in [2.45, 2.75) is 19.4 Å². The van der Waals surface area contributed by atoms with E-state index in [4.69, 9.17) is 4.74 Å². The van der Waals surface area contributed by atoms with Crippen molar-refractivity contribution in [2.24, 2.45) is 5.41 Å². The molecule has 2 heterocycles. The zero-order chi connectivity index (χ0) is 12.6. The molecule has 1 aromatic rings. The van der Waals surface area contributed by atoms with E-state index in [1.54, 1.807) is 0 Å². The van der Waals surface area contributed by atoms with Gasteiger partial charge in [-0.1, -0.05) is 18.2 Å². The van der Waals surface area contributed by atoms with Crippen molar-refractivity contribution >= 4 is 18.3 Å². The molecule has 0 saturated carbocycles. The van der Waals surface area contributed by atoms with Crippen molar-refractivity contribution in [1.82, 2.24) is 10.6 Å². The van der Waals surface area contributed by atoms with Crippen LogP contribution in [0.3, 0.4) is 0 Å². The molecular weight excluding hydrogens is 264 g/mol. The minimum Gasteiger partial charge on any atom is -0.491 e. The van der Waals surface area contributed by atoms with Crippen LogP contribution in [0.4, 0.5) is 0 Å². The number of fused-ring (bicyclic) bond motifs is 1. The first-order valence-electron chi connectivity index (χ1n) is 6.42. The Balaban J connectivity index is 0.00000133. The maximum Gasteiger partial charge on any atom is 0.227 e. The number of rotatable bonds is 2. The highest BCUT2D eigenvalue weighted by molar-refractivity contribution is 5.85. The molecule has 2 unspecified atom stereocenters. The predicted octanol–water partition coefficient (Wildman–Crippen LogP) is 1.66. The van der Waals surface area contributed by atoms with Gasteiger partial charge in [0.25, 0.3) is 0 Å². The van der Waals surface area contributed by atoms with Gasteiger partial charge in [0.1, 0.15) is 12.4 Å².